The highest BCUT2D eigenvalue weighted by molar-refractivity contribution is 5.96. The maximum atomic E-state index is 11.5. The average molecular weight is 467 g/mol. The van der Waals surface area contributed by atoms with Gasteiger partial charge in [-0.15, -0.1) is 0 Å². The molecule has 4 aromatic carbocycles. The van der Waals surface area contributed by atoms with E-state index in [2.05, 4.69) is 38.4 Å². The zero-order valence-electron chi connectivity index (χ0n) is 19.8. The molecule has 0 atom stereocenters. The first-order valence-electron chi connectivity index (χ1n) is 11.4. The standard InChI is InChI=1S/C30H27NO4/c1-31(2,19-21-11-15-23(16-12-21)25-7-3-5-9-27(25)29(32)33)20-22-13-17-24(18-14-22)26-8-4-6-10-28(26)30(34)35/h3-18H,19-20H2,1-2H3,(H-,32,33,34,35)/p+1. The Morgan fingerprint density at radius 2 is 0.914 bits per heavy atom. The van der Waals surface area contributed by atoms with Gasteiger partial charge in [0, 0.05) is 11.1 Å². The maximum Gasteiger partial charge on any atom is 0.336 e. The van der Waals surface area contributed by atoms with E-state index in [0.29, 0.717) is 22.3 Å². The molecule has 0 amide bonds. The van der Waals surface area contributed by atoms with Crippen molar-refractivity contribution in [2.45, 2.75) is 13.1 Å². The number of quaternary nitrogens is 1. The molecule has 5 nitrogen and oxygen atoms in total. The minimum absolute atomic E-state index is 0.297. The second kappa shape index (κ2) is 9.95. The fourth-order valence-electron chi connectivity index (χ4n) is 4.47. The van der Waals surface area contributed by atoms with Crippen LogP contribution in [0.5, 0.6) is 0 Å². The summed E-state index contributed by atoms with van der Waals surface area (Å²) in [5.74, 6) is -1.86. The van der Waals surface area contributed by atoms with Gasteiger partial charge in [0.15, 0.2) is 0 Å². The molecule has 4 aromatic rings. The van der Waals surface area contributed by atoms with Crippen LogP contribution in [-0.4, -0.2) is 40.7 Å². The van der Waals surface area contributed by atoms with Crippen LogP contribution in [0.4, 0.5) is 0 Å². The van der Waals surface area contributed by atoms with E-state index in [4.69, 9.17) is 0 Å². The lowest BCUT2D eigenvalue weighted by Crippen LogP contribution is -2.37. The molecule has 0 spiro atoms. The van der Waals surface area contributed by atoms with Gasteiger partial charge in [0.25, 0.3) is 0 Å². The molecule has 0 saturated heterocycles. The highest BCUT2D eigenvalue weighted by Gasteiger charge is 2.18. The summed E-state index contributed by atoms with van der Waals surface area (Å²) in [6.45, 7) is 1.62. The average Bonchev–Trinajstić information content (AvgIpc) is 2.84. The summed E-state index contributed by atoms with van der Waals surface area (Å²) >= 11 is 0. The van der Waals surface area contributed by atoms with Crippen LogP contribution in [0.15, 0.2) is 97.1 Å². The Morgan fingerprint density at radius 1 is 0.571 bits per heavy atom. The van der Waals surface area contributed by atoms with Crippen molar-refractivity contribution in [2.75, 3.05) is 14.1 Å². The van der Waals surface area contributed by atoms with E-state index >= 15 is 0 Å². The smallest absolute Gasteiger partial charge is 0.336 e. The summed E-state index contributed by atoms with van der Waals surface area (Å²) < 4.78 is 0.732. The fraction of sp³-hybridized carbons (Fsp3) is 0.133. The Morgan fingerprint density at radius 3 is 1.26 bits per heavy atom. The molecule has 0 aliphatic rings. The molecule has 0 saturated carbocycles. The van der Waals surface area contributed by atoms with Crippen molar-refractivity contribution < 1.29 is 24.3 Å². The Hall–Kier alpha value is -4.22. The molecule has 35 heavy (non-hydrogen) atoms. The van der Waals surface area contributed by atoms with Crippen LogP contribution in [0.3, 0.4) is 0 Å². The van der Waals surface area contributed by atoms with Gasteiger partial charge in [0.2, 0.25) is 0 Å². The molecule has 0 aliphatic carbocycles. The lowest BCUT2D eigenvalue weighted by atomic mass is 9.98. The highest BCUT2D eigenvalue weighted by atomic mass is 16.4. The van der Waals surface area contributed by atoms with Gasteiger partial charge in [-0.1, -0.05) is 84.9 Å². The second-order valence-electron chi connectivity index (χ2n) is 9.35. The number of rotatable bonds is 8. The number of nitrogens with zero attached hydrogens (tertiary/aromatic N) is 1. The molecular formula is C30H28NO4+. The quantitative estimate of drug-likeness (QED) is 0.304. The van der Waals surface area contributed by atoms with Gasteiger partial charge in [-0.05, 0) is 34.4 Å². The molecule has 0 unspecified atom stereocenters. The van der Waals surface area contributed by atoms with Crippen LogP contribution in [0.25, 0.3) is 22.3 Å². The zero-order chi connectivity index (χ0) is 25.0. The van der Waals surface area contributed by atoms with Gasteiger partial charge in [-0.3, -0.25) is 0 Å². The molecule has 0 fully saturated rings. The molecule has 2 N–H and O–H groups in total. The van der Waals surface area contributed by atoms with Crippen LogP contribution >= 0.6 is 0 Å². The predicted octanol–water partition coefficient (Wildman–Crippen LogP) is 6.19. The number of benzene rings is 4. The minimum Gasteiger partial charge on any atom is -0.478 e. The van der Waals surface area contributed by atoms with Gasteiger partial charge in [-0.2, -0.15) is 0 Å². The topological polar surface area (TPSA) is 74.6 Å². The molecule has 4 rings (SSSR count). The number of carbonyl (C=O) groups is 2. The Balaban J connectivity index is 1.47. The lowest BCUT2D eigenvalue weighted by molar-refractivity contribution is -0.916. The Kier molecular flexibility index (Phi) is 6.80. The summed E-state index contributed by atoms with van der Waals surface area (Å²) in [4.78, 5) is 23.1. The van der Waals surface area contributed by atoms with Gasteiger partial charge < -0.3 is 14.7 Å². The highest BCUT2D eigenvalue weighted by Crippen LogP contribution is 2.27. The molecule has 0 aromatic heterocycles. The van der Waals surface area contributed by atoms with E-state index in [0.717, 1.165) is 28.7 Å². The zero-order valence-corrected chi connectivity index (χ0v) is 19.8. The second-order valence-corrected chi connectivity index (χ2v) is 9.35. The SMILES string of the molecule is C[N+](C)(Cc1ccc(-c2ccccc2C(=O)O)cc1)Cc1ccc(-c2ccccc2C(=O)O)cc1. The number of hydrogen-bond acceptors (Lipinski definition) is 2. The van der Waals surface area contributed by atoms with E-state index < -0.39 is 11.9 Å². The first-order valence-corrected chi connectivity index (χ1v) is 11.4. The summed E-state index contributed by atoms with van der Waals surface area (Å²) in [5, 5.41) is 18.9. The molecule has 0 aliphatic heterocycles. The van der Waals surface area contributed by atoms with Gasteiger partial charge in [-0.25, -0.2) is 9.59 Å². The first-order chi connectivity index (χ1) is 16.7. The lowest BCUT2D eigenvalue weighted by Gasteiger charge is -2.30. The van der Waals surface area contributed by atoms with Gasteiger partial charge in [0.05, 0.1) is 25.2 Å². The van der Waals surface area contributed by atoms with Crippen molar-refractivity contribution in [1.29, 1.82) is 0 Å². The number of carboxylic acids is 2. The maximum absolute atomic E-state index is 11.5. The van der Waals surface area contributed by atoms with E-state index in [1.54, 1.807) is 24.3 Å². The van der Waals surface area contributed by atoms with Crippen molar-refractivity contribution >= 4 is 11.9 Å². The fourth-order valence-corrected chi connectivity index (χ4v) is 4.47. The van der Waals surface area contributed by atoms with Crippen LogP contribution in [-0.2, 0) is 13.1 Å². The largest absolute Gasteiger partial charge is 0.478 e. The summed E-state index contributed by atoms with van der Waals surface area (Å²) in [5.41, 5.74) is 6.12. The number of carboxylic acid groups (broad SMARTS) is 2. The van der Waals surface area contributed by atoms with E-state index in [9.17, 15) is 19.8 Å². The third-order valence-electron chi connectivity index (χ3n) is 6.07. The summed E-state index contributed by atoms with van der Waals surface area (Å²) in [6, 6.07) is 30.2. The number of hydrogen-bond donors (Lipinski definition) is 2. The van der Waals surface area contributed by atoms with E-state index in [1.165, 1.54) is 11.1 Å². The van der Waals surface area contributed by atoms with Crippen LogP contribution in [0.2, 0.25) is 0 Å². The molecule has 0 heterocycles. The van der Waals surface area contributed by atoms with E-state index in [1.807, 2.05) is 48.5 Å². The van der Waals surface area contributed by atoms with Crippen LogP contribution in [0, 0.1) is 0 Å². The third-order valence-corrected chi connectivity index (χ3v) is 6.07. The molecular weight excluding hydrogens is 438 g/mol. The van der Waals surface area contributed by atoms with Crippen molar-refractivity contribution in [2.24, 2.45) is 0 Å². The van der Waals surface area contributed by atoms with E-state index in [-0.39, 0.29) is 0 Å². The first kappa shape index (κ1) is 23.9. The summed E-state index contributed by atoms with van der Waals surface area (Å²) in [7, 11) is 4.34. The van der Waals surface area contributed by atoms with Gasteiger partial charge >= 0.3 is 11.9 Å². The monoisotopic (exact) mass is 466 g/mol. The number of aromatic carboxylic acids is 2. The Bertz CT molecular complexity index is 1250. The summed E-state index contributed by atoms with van der Waals surface area (Å²) in [6.07, 6.45) is 0. The predicted molar refractivity (Wildman–Crippen MR) is 137 cm³/mol. The van der Waals surface area contributed by atoms with Crippen LogP contribution in [0.1, 0.15) is 31.8 Å². The molecule has 0 bridgehead atoms. The Labute approximate surface area is 205 Å². The van der Waals surface area contributed by atoms with Gasteiger partial charge in [0.1, 0.15) is 13.1 Å². The van der Waals surface area contributed by atoms with Crippen molar-refractivity contribution in [3.05, 3.63) is 119 Å². The van der Waals surface area contributed by atoms with Crippen LogP contribution < -0.4 is 0 Å². The molecule has 0 radical (unpaired) electrons. The van der Waals surface area contributed by atoms with Crippen molar-refractivity contribution in [1.82, 2.24) is 0 Å². The van der Waals surface area contributed by atoms with Crippen molar-refractivity contribution in [3.8, 4) is 22.3 Å². The third kappa shape index (κ3) is 5.65. The molecule has 176 valence electrons. The minimum atomic E-state index is -0.931. The van der Waals surface area contributed by atoms with Crippen molar-refractivity contribution in [3.63, 3.8) is 0 Å². The normalized spacial score (nSPS) is 11.3. The molecule has 5 heteroatoms.